The minimum Gasteiger partial charge on any atom is -0.508 e. The van der Waals surface area contributed by atoms with Gasteiger partial charge in [0.1, 0.15) is 11.5 Å². The first-order chi connectivity index (χ1) is 11.6. The smallest absolute Gasteiger partial charge is 0.227 e. The molecule has 1 fully saturated rings. The number of piperidine rings is 1. The predicted octanol–water partition coefficient (Wildman–Crippen LogP) is 2.86. The van der Waals surface area contributed by atoms with E-state index in [9.17, 15) is 9.90 Å². The molecule has 5 heteroatoms. The molecule has 24 heavy (non-hydrogen) atoms. The van der Waals surface area contributed by atoms with Gasteiger partial charge in [-0.15, -0.1) is 0 Å². The highest BCUT2D eigenvalue weighted by atomic mass is 16.3. The first-order valence-electron chi connectivity index (χ1n) is 8.40. The van der Waals surface area contributed by atoms with E-state index in [0.717, 1.165) is 43.8 Å². The lowest BCUT2D eigenvalue weighted by Gasteiger charge is -2.33. The lowest BCUT2D eigenvalue weighted by molar-refractivity contribution is -0.136. The molecule has 1 N–H and O–H groups in total. The maximum absolute atomic E-state index is 12.8. The van der Waals surface area contributed by atoms with Crippen LogP contribution < -0.4 is 0 Å². The van der Waals surface area contributed by atoms with Crippen LogP contribution in [0.4, 0.5) is 0 Å². The Balaban J connectivity index is 1.58. The van der Waals surface area contributed by atoms with Crippen LogP contribution in [0.2, 0.25) is 0 Å². The van der Waals surface area contributed by atoms with Gasteiger partial charge in [0.2, 0.25) is 5.91 Å². The maximum Gasteiger partial charge on any atom is 0.227 e. The molecule has 1 atom stereocenters. The Hall–Kier alpha value is -2.27. The quantitative estimate of drug-likeness (QED) is 0.917. The van der Waals surface area contributed by atoms with Crippen LogP contribution in [0.1, 0.15) is 24.2 Å². The fourth-order valence-corrected chi connectivity index (χ4v) is 3.31. The third-order valence-electron chi connectivity index (χ3n) is 4.59. The van der Waals surface area contributed by atoms with Crippen LogP contribution in [-0.2, 0) is 17.9 Å². The molecule has 128 valence electrons. The number of carbonyl (C=O) groups excluding carboxylic acids is 1. The van der Waals surface area contributed by atoms with E-state index in [4.69, 9.17) is 4.42 Å². The predicted molar refractivity (Wildman–Crippen MR) is 91.3 cm³/mol. The van der Waals surface area contributed by atoms with E-state index in [2.05, 4.69) is 4.90 Å². The van der Waals surface area contributed by atoms with E-state index in [-0.39, 0.29) is 17.6 Å². The molecule has 1 aliphatic rings. The summed E-state index contributed by atoms with van der Waals surface area (Å²) in [5.74, 6) is 1.32. The van der Waals surface area contributed by atoms with Crippen molar-refractivity contribution < 1.29 is 14.3 Å². The molecule has 1 amide bonds. The van der Waals surface area contributed by atoms with E-state index in [1.807, 2.05) is 24.3 Å². The van der Waals surface area contributed by atoms with Crippen molar-refractivity contribution in [1.82, 2.24) is 9.80 Å². The van der Waals surface area contributed by atoms with Crippen LogP contribution in [0, 0.1) is 5.92 Å². The Kier molecular flexibility index (Phi) is 5.20. The number of phenols is 1. The number of hydrogen-bond acceptors (Lipinski definition) is 4. The summed E-state index contributed by atoms with van der Waals surface area (Å²) in [4.78, 5) is 16.8. The monoisotopic (exact) mass is 328 g/mol. The summed E-state index contributed by atoms with van der Waals surface area (Å²) < 4.78 is 5.41. The van der Waals surface area contributed by atoms with Crippen LogP contribution >= 0.6 is 0 Å². The van der Waals surface area contributed by atoms with Gasteiger partial charge in [0.05, 0.1) is 18.7 Å². The van der Waals surface area contributed by atoms with Gasteiger partial charge in [-0.1, -0.05) is 18.2 Å². The average molecular weight is 328 g/mol. The Labute approximate surface area is 142 Å². The fourth-order valence-electron chi connectivity index (χ4n) is 3.31. The molecule has 2 aromatic rings. The largest absolute Gasteiger partial charge is 0.508 e. The van der Waals surface area contributed by atoms with Crippen molar-refractivity contribution in [3.8, 4) is 5.75 Å². The van der Waals surface area contributed by atoms with Crippen molar-refractivity contribution in [1.29, 1.82) is 0 Å². The second-order valence-electron chi connectivity index (χ2n) is 6.48. The van der Waals surface area contributed by atoms with Gasteiger partial charge in [-0.2, -0.15) is 0 Å². The number of amides is 1. The van der Waals surface area contributed by atoms with Gasteiger partial charge in [-0.25, -0.2) is 0 Å². The molecular weight excluding hydrogens is 304 g/mol. The maximum atomic E-state index is 12.8. The van der Waals surface area contributed by atoms with Gasteiger partial charge in [-0.05, 0) is 37.6 Å². The van der Waals surface area contributed by atoms with E-state index in [0.29, 0.717) is 6.54 Å². The molecule has 0 saturated carbocycles. The summed E-state index contributed by atoms with van der Waals surface area (Å²) in [5.41, 5.74) is 0.775. The highest BCUT2D eigenvalue weighted by Gasteiger charge is 2.28. The number of para-hydroxylation sites is 1. The molecule has 0 spiro atoms. The van der Waals surface area contributed by atoms with Crippen molar-refractivity contribution in [3.05, 3.63) is 54.0 Å². The minimum atomic E-state index is 0.00423. The normalized spacial score (nSPS) is 18.5. The van der Waals surface area contributed by atoms with Crippen molar-refractivity contribution >= 4 is 5.91 Å². The molecule has 1 aromatic heterocycles. The number of carbonyl (C=O) groups is 1. The molecule has 0 radical (unpaired) electrons. The number of hydrogen-bond donors (Lipinski definition) is 1. The Morgan fingerprint density at radius 3 is 2.92 bits per heavy atom. The van der Waals surface area contributed by atoms with Crippen molar-refractivity contribution in [2.45, 2.75) is 25.9 Å². The van der Waals surface area contributed by atoms with E-state index >= 15 is 0 Å². The van der Waals surface area contributed by atoms with Crippen molar-refractivity contribution in [3.63, 3.8) is 0 Å². The summed E-state index contributed by atoms with van der Waals surface area (Å²) in [6.07, 6.45) is 3.61. The number of furan rings is 1. The third-order valence-corrected chi connectivity index (χ3v) is 4.59. The fraction of sp³-hybridized carbons (Fsp3) is 0.421. The van der Waals surface area contributed by atoms with Gasteiger partial charge >= 0.3 is 0 Å². The molecule has 5 nitrogen and oxygen atoms in total. The molecule has 0 aliphatic carbocycles. The van der Waals surface area contributed by atoms with Crippen LogP contribution in [0.25, 0.3) is 0 Å². The molecule has 2 heterocycles. The third kappa shape index (κ3) is 3.97. The Bertz CT molecular complexity index is 669. The Morgan fingerprint density at radius 1 is 1.33 bits per heavy atom. The standard InChI is InChI=1S/C19H24N2O3/c1-20(12-15-6-2-3-9-18(15)22)19(23)16-7-4-10-21(13-16)14-17-8-5-11-24-17/h2-3,5-6,8-9,11,16,22H,4,7,10,12-14H2,1H3/t16-/m0/s1. The lowest BCUT2D eigenvalue weighted by Crippen LogP contribution is -2.43. The zero-order valence-electron chi connectivity index (χ0n) is 14.0. The van der Waals surface area contributed by atoms with Gasteiger partial charge < -0.3 is 14.4 Å². The highest BCUT2D eigenvalue weighted by molar-refractivity contribution is 5.79. The van der Waals surface area contributed by atoms with Gasteiger partial charge in [0.25, 0.3) is 0 Å². The molecule has 0 unspecified atom stereocenters. The van der Waals surface area contributed by atoms with Crippen LogP contribution in [0.15, 0.2) is 47.1 Å². The zero-order valence-corrected chi connectivity index (χ0v) is 14.0. The average Bonchev–Trinajstić information content (AvgIpc) is 3.09. The molecule has 1 aromatic carbocycles. The van der Waals surface area contributed by atoms with E-state index in [1.54, 1.807) is 30.3 Å². The van der Waals surface area contributed by atoms with Crippen molar-refractivity contribution in [2.75, 3.05) is 20.1 Å². The van der Waals surface area contributed by atoms with E-state index in [1.165, 1.54) is 0 Å². The zero-order chi connectivity index (χ0) is 16.9. The summed E-state index contributed by atoms with van der Waals surface area (Å²) >= 11 is 0. The number of phenolic OH excluding ortho intramolecular Hbond substituents is 1. The van der Waals surface area contributed by atoms with Crippen LogP contribution in [0.3, 0.4) is 0 Å². The first-order valence-corrected chi connectivity index (χ1v) is 8.40. The van der Waals surface area contributed by atoms with Gasteiger partial charge in [0.15, 0.2) is 0 Å². The van der Waals surface area contributed by atoms with E-state index < -0.39 is 0 Å². The number of nitrogens with zero attached hydrogens (tertiary/aromatic N) is 2. The minimum absolute atomic E-state index is 0.00423. The summed E-state index contributed by atoms with van der Waals surface area (Å²) in [7, 11) is 1.81. The number of rotatable bonds is 5. The molecule has 1 saturated heterocycles. The topological polar surface area (TPSA) is 56.9 Å². The summed E-state index contributed by atoms with van der Waals surface area (Å²) in [6, 6.07) is 11.0. The Morgan fingerprint density at radius 2 is 2.17 bits per heavy atom. The first kappa shape index (κ1) is 16.6. The summed E-state index contributed by atoms with van der Waals surface area (Å²) in [5, 5.41) is 9.88. The van der Waals surface area contributed by atoms with Gasteiger partial charge in [0, 0.05) is 25.7 Å². The second kappa shape index (κ2) is 7.53. The number of aromatic hydroxyl groups is 1. The van der Waals surface area contributed by atoms with Crippen molar-refractivity contribution in [2.24, 2.45) is 5.92 Å². The second-order valence-corrected chi connectivity index (χ2v) is 6.48. The van der Waals surface area contributed by atoms with Crippen LogP contribution in [-0.4, -0.2) is 41.0 Å². The number of likely N-dealkylation sites (tertiary alicyclic amines) is 1. The van der Waals surface area contributed by atoms with Crippen LogP contribution in [0.5, 0.6) is 5.75 Å². The lowest BCUT2D eigenvalue weighted by atomic mass is 9.96. The van der Waals surface area contributed by atoms with Gasteiger partial charge in [-0.3, -0.25) is 9.69 Å². The number of benzene rings is 1. The highest BCUT2D eigenvalue weighted by Crippen LogP contribution is 2.23. The molecular formula is C19H24N2O3. The SMILES string of the molecule is CN(Cc1ccccc1O)C(=O)[C@H]1CCCN(Cc2ccco2)C1. The molecule has 0 bridgehead atoms. The molecule has 3 rings (SSSR count). The molecule has 1 aliphatic heterocycles. The summed E-state index contributed by atoms with van der Waals surface area (Å²) in [6.45, 7) is 2.93.